The Morgan fingerprint density at radius 3 is 2.53 bits per heavy atom. The number of likely N-dealkylation sites (N-methyl/N-ethyl adjacent to an activating group) is 1. The summed E-state index contributed by atoms with van der Waals surface area (Å²) in [5, 5.41) is 0.554. The van der Waals surface area contributed by atoms with Crippen molar-refractivity contribution in [2.75, 3.05) is 27.4 Å². The number of benzene rings is 2. The van der Waals surface area contributed by atoms with Crippen LogP contribution >= 0.6 is 34.4 Å². The first kappa shape index (κ1) is 24.1. The van der Waals surface area contributed by atoms with Crippen molar-refractivity contribution in [3.63, 3.8) is 0 Å². The number of rotatable bonds is 7. The molecule has 0 aliphatic carbocycles. The first-order valence-corrected chi connectivity index (χ1v) is 11.8. The minimum Gasteiger partial charge on any atom is -0.492 e. The van der Waals surface area contributed by atoms with Crippen molar-refractivity contribution in [2.24, 2.45) is 4.99 Å². The smallest absolute Gasteiger partial charge is 0.338 e. The molecule has 0 unspecified atom stereocenters. The molecule has 0 N–H and O–H groups in total. The van der Waals surface area contributed by atoms with E-state index in [1.165, 1.54) is 16.7 Å². The van der Waals surface area contributed by atoms with E-state index in [2.05, 4.69) is 27.6 Å². The minimum absolute atomic E-state index is 0.138. The molecule has 1 fully saturated rings. The Morgan fingerprint density at radius 2 is 1.91 bits per heavy atom. The van der Waals surface area contributed by atoms with Crippen LogP contribution in [0.5, 0.6) is 11.5 Å². The molecule has 0 atom stereocenters. The van der Waals surface area contributed by atoms with Crippen molar-refractivity contribution in [3.05, 3.63) is 56.0 Å². The third kappa shape index (κ3) is 5.44. The van der Waals surface area contributed by atoms with Gasteiger partial charge in [-0.2, -0.15) is 0 Å². The number of hydrogen-bond acceptors (Lipinski definition) is 7. The van der Waals surface area contributed by atoms with Gasteiger partial charge in [-0.15, -0.1) is 0 Å². The number of aliphatic imine (C=N–C) groups is 1. The van der Waals surface area contributed by atoms with Crippen molar-refractivity contribution >= 4 is 63.2 Å². The average Bonchev–Trinajstić information content (AvgIpc) is 3.02. The first-order valence-electron chi connectivity index (χ1n) is 9.91. The predicted molar refractivity (Wildman–Crippen MR) is 135 cm³/mol. The number of amidine groups is 1. The monoisotopic (exact) mass is 566 g/mol. The fraction of sp³-hybridized carbons (Fsp3) is 0.261. The molecule has 168 valence electrons. The van der Waals surface area contributed by atoms with Crippen LogP contribution in [0.3, 0.4) is 0 Å². The highest BCUT2D eigenvalue weighted by atomic mass is 127. The number of hydrogen-bond donors (Lipinski definition) is 0. The average molecular weight is 566 g/mol. The summed E-state index contributed by atoms with van der Waals surface area (Å²) in [5.74, 6) is 0.791. The van der Waals surface area contributed by atoms with Crippen molar-refractivity contribution in [3.8, 4) is 11.5 Å². The second-order valence-corrected chi connectivity index (χ2v) is 8.77. The maximum atomic E-state index is 12.8. The number of halogens is 1. The summed E-state index contributed by atoms with van der Waals surface area (Å²) in [6, 6.07) is 10.6. The van der Waals surface area contributed by atoms with Crippen LogP contribution in [0, 0.1) is 3.57 Å². The van der Waals surface area contributed by atoms with E-state index in [4.69, 9.17) is 14.2 Å². The molecule has 0 saturated carbocycles. The standard InChI is InChI=1S/C23H23IN2O5S/c1-5-30-18-12-14(11-17(24)20(18)29-4)13-19-21(27)26(3)23(32-19)25-16-9-7-15(8-10-16)22(28)31-6-2/h7-13H,5-6H2,1-4H3/b19-13-,25-23?. The van der Waals surface area contributed by atoms with Crippen molar-refractivity contribution in [1.29, 1.82) is 0 Å². The van der Waals surface area contributed by atoms with E-state index in [0.29, 0.717) is 46.0 Å². The molecular formula is C23H23IN2O5S. The molecule has 9 heteroatoms. The number of amides is 1. The van der Waals surface area contributed by atoms with Crippen molar-refractivity contribution < 1.29 is 23.8 Å². The maximum absolute atomic E-state index is 12.8. The lowest BCUT2D eigenvalue weighted by Crippen LogP contribution is -2.23. The molecular weight excluding hydrogens is 543 g/mol. The van der Waals surface area contributed by atoms with Gasteiger partial charge < -0.3 is 14.2 Å². The molecule has 0 spiro atoms. The molecule has 1 amide bonds. The number of nitrogens with zero attached hydrogens (tertiary/aromatic N) is 2. The molecule has 2 aromatic rings. The Labute approximate surface area is 205 Å². The van der Waals surface area contributed by atoms with Gasteiger partial charge in [-0.25, -0.2) is 9.79 Å². The van der Waals surface area contributed by atoms with E-state index in [1.54, 1.807) is 45.3 Å². The third-order valence-electron chi connectivity index (χ3n) is 4.44. The zero-order chi connectivity index (χ0) is 23.3. The summed E-state index contributed by atoms with van der Waals surface area (Å²) >= 11 is 3.48. The van der Waals surface area contributed by atoms with E-state index >= 15 is 0 Å². The Bertz CT molecular complexity index is 1080. The lowest BCUT2D eigenvalue weighted by Gasteiger charge is -2.12. The molecule has 2 aromatic carbocycles. The molecule has 1 aliphatic heterocycles. The molecule has 0 aromatic heterocycles. The zero-order valence-corrected chi connectivity index (χ0v) is 21.2. The van der Waals surface area contributed by atoms with Gasteiger partial charge in [0.25, 0.3) is 5.91 Å². The number of carbonyl (C=O) groups excluding carboxylic acids is 2. The highest BCUT2D eigenvalue weighted by Crippen LogP contribution is 2.37. The lowest BCUT2D eigenvalue weighted by molar-refractivity contribution is -0.121. The second kappa shape index (κ2) is 10.9. The van der Waals surface area contributed by atoms with Gasteiger partial charge in [0.1, 0.15) is 0 Å². The number of ether oxygens (including phenoxy) is 3. The third-order valence-corrected chi connectivity index (χ3v) is 6.30. The maximum Gasteiger partial charge on any atom is 0.338 e. The SMILES string of the molecule is CCOC(=O)c1ccc(N=C2S/C(=C\c3cc(I)c(OC)c(OCC)c3)C(=O)N2C)cc1. The molecule has 3 rings (SSSR count). The van der Waals surface area contributed by atoms with Crippen molar-refractivity contribution in [2.45, 2.75) is 13.8 Å². The zero-order valence-electron chi connectivity index (χ0n) is 18.2. The van der Waals surface area contributed by atoms with Gasteiger partial charge >= 0.3 is 5.97 Å². The topological polar surface area (TPSA) is 77.4 Å². The van der Waals surface area contributed by atoms with E-state index in [0.717, 1.165) is 9.13 Å². The van der Waals surface area contributed by atoms with Gasteiger partial charge in [-0.1, -0.05) is 0 Å². The number of esters is 1. The van der Waals surface area contributed by atoms with Gasteiger partial charge in [-0.05, 0) is 96.2 Å². The first-order chi connectivity index (χ1) is 15.4. The van der Waals surface area contributed by atoms with Crippen LogP contribution in [0.25, 0.3) is 6.08 Å². The van der Waals surface area contributed by atoms with Gasteiger partial charge in [-0.3, -0.25) is 9.69 Å². The quantitative estimate of drug-likeness (QED) is 0.264. The lowest BCUT2D eigenvalue weighted by atomic mass is 10.2. The van der Waals surface area contributed by atoms with E-state index in [9.17, 15) is 9.59 Å². The fourth-order valence-corrected chi connectivity index (χ4v) is 4.76. The van der Waals surface area contributed by atoms with Gasteiger partial charge in [0.15, 0.2) is 16.7 Å². The van der Waals surface area contributed by atoms with Crippen LogP contribution in [0.4, 0.5) is 5.69 Å². The molecule has 1 saturated heterocycles. The Hall–Kier alpha value is -2.53. The summed E-state index contributed by atoms with van der Waals surface area (Å²) in [5.41, 5.74) is 1.93. The summed E-state index contributed by atoms with van der Waals surface area (Å²) in [6.07, 6.45) is 1.82. The molecule has 0 bridgehead atoms. The van der Waals surface area contributed by atoms with Crippen LogP contribution in [0.2, 0.25) is 0 Å². The minimum atomic E-state index is -0.375. The van der Waals surface area contributed by atoms with Crippen LogP contribution in [-0.4, -0.2) is 49.3 Å². The normalized spacial score (nSPS) is 16.0. The van der Waals surface area contributed by atoms with Gasteiger partial charge in [0, 0.05) is 7.05 Å². The van der Waals surface area contributed by atoms with E-state index in [-0.39, 0.29) is 11.9 Å². The Morgan fingerprint density at radius 1 is 1.19 bits per heavy atom. The fourth-order valence-electron chi connectivity index (χ4n) is 2.93. The molecule has 1 heterocycles. The molecule has 0 radical (unpaired) electrons. The Balaban J connectivity index is 1.85. The summed E-state index contributed by atoms with van der Waals surface area (Å²) in [6.45, 7) is 4.50. The predicted octanol–water partition coefficient (Wildman–Crippen LogP) is 5.11. The van der Waals surface area contributed by atoms with Gasteiger partial charge in [0.05, 0.1) is 40.0 Å². The van der Waals surface area contributed by atoms with E-state index in [1.807, 2.05) is 25.1 Å². The van der Waals surface area contributed by atoms with Crippen molar-refractivity contribution in [1.82, 2.24) is 4.90 Å². The van der Waals surface area contributed by atoms with Gasteiger partial charge in [0.2, 0.25) is 0 Å². The molecule has 1 aliphatic rings. The summed E-state index contributed by atoms with van der Waals surface area (Å²) in [4.78, 5) is 31.2. The number of methoxy groups -OCH3 is 1. The summed E-state index contributed by atoms with van der Waals surface area (Å²) in [7, 11) is 3.29. The molecule has 7 nitrogen and oxygen atoms in total. The number of carbonyl (C=O) groups is 2. The largest absolute Gasteiger partial charge is 0.492 e. The summed E-state index contributed by atoms with van der Waals surface area (Å²) < 4.78 is 17.0. The molecule has 32 heavy (non-hydrogen) atoms. The van der Waals surface area contributed by atoms with Crippen LogP contribution in [0.15, 0.2) is 46.3 Å². The van der Waals surface area contributed by atoms with Crippen LogP contribution in [-0.2, 0) is 9.53 Å². The van der Waals surface area contributed by atoms with E-state index < -0.39 is 0 Å². The van der Waals surface area contributed by atoms with Crippen LogP contribution < -0.4 is 9.47 Å². The Kier molecular flexibility index (Phi) is 8.19. The highest BCUT2D eigenvalue weighted by molar-refractivity contribution is 14.1. The highest BCUT2D eigenvalue weighted by Gasteiger charge is 2.30. The van der Waals surface area contributed by atoms with Crippen LogP contribution in [0.1, 0.15) is 29.8 Å². The number of thioether (sulfide) groups is 1. The second-order valence-electron chi connectivity index (χ2n) is 6.60.